The predicted octanol–water partition coefficient (Wildman–Crippen LogP) is 3.72. The maximum Gasteiger partial charge on any atom is 0.338 e. The van der Waals surface area contributed by atoms with Crippen LogP contribution in [0.2, 0.25) is 0 Å². The fourth-order valence-electron chi connectivity index (χ4n) is 3.74. The average molecular weight is 504 g/mol. The molecule has 1 saturated heterocycles. The van der Waals surface area contributed by atoms with Crippen LogP contribution in [0, 0.1) is 0 Å². The lowest BCUT2D eigenvalue weighted by Crippen LogP contribution is -2.42. The van der Waals surface area contributed by atoms with E-state index in [0.717, 1.165) is 6.92 Å². The van der Waals surface area contributed by atoms with Crippen LogP contribution in [0.5, 0.6) is 5.75 Å². The molecule has 0 N–H and O–H groups in total. The third-order valence-corrected chi connectivity index (χ3v) is 5.40. The molecule has 1 aliphatic rings. The SMILES string of the molecule is CC(=O)O[C@@H]1O[C@H](CC(=O)Oc2ccccc2)[C@H](OC(=O)c2ccccc2)[C@H]1OC(=O)c1ccccc1. The molecule has 190 valence electrons. The number of para-hydroxylation sites is 1. The predicted molar refractivity (Wildman–Crippen MR) is 128 cm³/mol. The Bertz CT molecular complexity index is 1230. The minimum Gasteiger partial charge on any atom is -0.452 e. The molecular formula is C28H24O9. The zero-order valence-electron chi connectivity index (χ0n) is 19.9. The first kappa shape index (κ1) is 25.6. The molecule has 3 aromatic carbocycles. The van der Waals surface area contributed by atoms with Crippen LogP contribution in [0.4, 0.5) is 0 Å². The zero-order valence-corrected chi connectivity index (χ0v) is 19.9. The molecule has 0 amide bonds. The lowest BCUT2D eigenvalue weighted by molar-refractivity contribution is -0.186. The van der Waals surface area contributed by atoms with Crippen LogP contribution >= 0.6 is 0 Å². The minimum absolute atomic E-state index is 0.226. The smallest absolute Gasteiger partial charge is 0.338 e. The molecule has 0 bridgehead atoms. The van der Waals surface area contributed by atoms with E-state index < -0.39 is 48.5 Å². The molecule has 9 heteroatoms. The van der Waals surface area contributed by atoms with Crippen LogP contribution in [0.1, 0.15) is 34.1 Å². The monoisotopic (exact) mass is 504 g/mol. The maximum absolute atomic E-state index is 12.9. The lowest BCUT2D eigenvalue weighted by atomic mass is 10.1. The van der Waals surface area contributed by atoms with E-state index in [4.69, 9.17) is 23.7 Å². The Kier molecular flexibility index (Phi) is 8.27. The van der Waals surface area contributed by atoms with E-state index in [2.05, 4.69) is 0 Å². The van der Waals surface area contributed by atoms with Crippen LogP contribution in [0.15, 0.2) is 91.0 Å². The molecule has 9 nitrogen and oxygen atoms in total. The van der Waals surface area contributed by atoms with Gasteiger partial charge in [-0.25, -0.2) is 9.59 Å². The first-order valence-corrected chi connectivity index (χ1v) is 11.5. The van der Waals surface area contributed by atoms with E-state index in [0.29, 0.717) is 5.75 Å². The van der Waals surface area contributed by atoms with E-state index in [1.807, 2.05) is 0 Å². The molecule has 0 radical (unpaired) electrons. The van der Waals surface area contributed by atoms with Crippen molar-refractivity contribution >= 4 is 23.9 Å². The van der Waals surface area contributed by atoms with Gasteiger partial charge in [-0.2, -0.15) is 0 Å². The topological polar surface area (TPSA) is 114 Å². The average Bonchev–Trinajstić information content (AvgIpc) is 3.19. The van der Waals surface area contributed by atoms with Gasteiger partial charge in [0.05, 0.1) is 17.5 Å². The van der Waals surface area contributed by atoms with Crippen molar-refractivity contribution in [3.63, 3.8) is 0 Å². The number of esters is 4. The lowest BCUT2D eigenvalue weighted by Gasteiger charge is -2.24. The Balaban J connectivity index is 1.59. The molecular weight excluding hydrogens is 480 g/mol. The molecule has 4 rings (SSSR count). The van der Waals surface area contributed by atoms with Gasteiger partial charge in [0.2, 0.25) is 12.4 Å². The van der Waals surface area contributed by atoms with Gasteiger partial charge >= 0.3 is 23.9 Å². The van der Waals surface area contributed by atoms with Gasteiger partial charge in [-0.3, -0.25) is 9.59 Å². The van der Waals surface area contributed by atoms with Crippen molar-refractivity contribution in [2.24, 2.45) is 0 Å². The van der Waals surface area contributed by atoms with Gasteiger partial charge in [0.15, 0.2) is 6.10 Å². The quantitative estimate of drug-likeness (QED) is 0.257. The summed E-state index contributed by atoms with van der Waals surface area (Å²) in [6.45, 7) is 1.15. The number of ether oxygens (including phenoxy) is 5. The molecule has 1 aliphatic heterocycles. The summed E-state index contributed by atoms with van der Waals surface area (Å²) in [5.74, 6) is -2.58. The Morgan fingerprint density at radius 2 is 1.16 bits per heavy atom. The Morgan fingerprint density at radius 3 is 1.68 bits per heavy atom. The second kappa shape index (κ2) is 12.0. The first-order valence-electron chi connectivity index (χ1n) is 11.5. The summed E-state index contributed by atoms with van der Waals surface area (Å²) in [4.78, 5) is 50.2. The summed E-state index contributed by atoms with van der Waals surface area (Å²) in [6, 6.07) is 24.6. The third kappa shape index (κ3) is 6.80. The van der Waals surface area contributed by atoms with Crippen LogP contribution < -0.4 is 4.74 Å². The molecule has 0 unspecified atom stereocenters. The summed E-state index contributed by atoms with van der Waals surface area (Å²) in [7, 11) is 0. The Morgan fingerprint density at radius 1 is 0.676 bits per heavy atom. The van der Waals surface area contributed by atoms with Crippen molar-refractivity contribution in [3.8, 4) is 5.75 Å². The zero-order chi connectivity index (χ0) is 26.2. The van der Waals surface area contributed by atoms with Crippen molar-refractivity contribution in [2.45, 2.75) is 37.9 Å². The van der Waals surface area contributed by atoms with Crippen LogP contribution in [-0.4, -0.2) is 48.5 Å². The number of hydrogen-bond acceptors (Lipinski definition) is 9. The van der Waals surface area contributed by atoms with Gasteiger partial charge in [0, 0.05) is 6.92 Å². The van der Waals surface area contributed by atoms with Crippen LogP contribution in [0.3, 0.4) is 0 Å². The Hall–Kier alpha value is -4.50. The van der Waals surface area contributed by atoms with E-state index in [-0.39, 0.29) is 17.5 Å². The van der Waals surface area contributed by atoms with Crippen molar-refractivity contribution in [1.29, 1.82) is 0 Å². The second-order valence-electron chi connectivity index (χ2n) is 8.12. The van der Waals surface area contributed by atoms with Crippen LogP contribution in [0.25, 0.3) is 0 Å². The van der Waals surface area contributed by atoms with Gasteiger partial charge in [0.25, 0.3) is 0 Å². The highest BCUT2D eigenvalue weighted by Crippen LogP contribution is 2.31. The molecule has 0 aliphatic carbocycles. The van der Waals surface area contributed by atoms with Crippen molar-refractivity contribution in [1.82, 2.24) is 0 Å². The molecule has 3 aromatic rings. The largest absolute Gasteiger partial charge is 0.452 e. The van der Waals surface area contributed by atoms with E-state index in [9.17, 15) is 19.2 Å². The fourth-order valence-corrected chi connectivity index (χ4v) is 3.74. The van der Waals surface area contributed by atoms with Gasteiger partial charge < -0.3 is 23.7 Å². The van der Waals surface area contributed by atoms with Crippen LogP contribution in [-0.2, 0) is 28.5 Å². The molecule has 4 atom stereocenters. The molecule has 0 aromatic heterocycles. The van der Waals surface area contributed by atoms with Gasteiger partial charge in [-0.1, -0.05) is 54.6 Å². The van der Waals surface area contributed by atoms with Gasteiger partial charge in [-0.05, 0) is 36.4 Å². The first-order chi connectivity index (χ1) is 17.9. The minimum atomic E-state index is -1.42. The molecule has 1 fully saturated rings. The van der Waals surface area contributed by atoms with Gasteiger partial charge in [0.1, 0.15) is 11.9 Å². The van der Waals surface area contributed by atoms with E-state index >= 15 is 0 Å². The van der Waals surface area contributed by atoms with Crippen molar-refractivity contribution in [2.75, 3.05) is 0 Å². The standard InChI is InChI=1S/C28H24O9/c1-18(29)33-28-25(37-27(32)20-13-7-3-8-14-20)24(36-26(31)19-11-5-2-6-12-19)22(35-28)17-23(30)34-21-15-9-4-10-16-21/h2-16,22,24-25,28H,17H2,1H3/t22-,24+,25-,28-/m1/s1. The maximum atomic E-state index is 12.9. The summed E-state index contributed by atoms with van der Waals surface area (Å²) in [5.41, 5.74) is 0.460. The number of carbonyl (C=O) groups is 4. The van der Waals surface area contributed by atoms with Crippen molar-refractivity contribution < 1.29 is 42.9 Å². The van der Waals surface area contributed by atoms with E-state index in [1.165, 1.54) is 0 Å². The molecule has 0 spiro atoms. The van der Waals surface area contributed by atoms with Crippen molar-refractivity contribution in [3.05, 3.63) is 102 Å². The van der Waals surface area contributed by atoms with E-state index in [1.54, 1.807) is 91.0 Å². The number of hydrogen-bond donors (Lipinski definition) is 0. The normalized spacial score (nSPS) is 20.5. The number of benzene rings is 3. The third-order valence-electron chi connectivity index (χ3n) is 5.40. The Labute approximate surface area is 212 Å². The highest BCUT2D eigenvalue weighted by molar-refractivity contribution is 5.90. The summed E-state index contributed by atoms with van der Waals surface area (Å²) >= 11 is 0. The molecule has 1 heterocycles. The highest BCUT2D eigenvalue weighted by Gasteiger charge is 2.52. The van der Waals surface area contributed by atoms with Gasteiger partial charge in [-0.15, -0.1) is 0 Å². The number of carbonyl (C=O) groups excluding carboxylic acids is 4. The second-order valence-corrected chi connectivity index (χ2v) is 8.12. The number of rotatable bonds is 8. The fraction of sp³-hybridized carbons (Fsp3) is 0.214. The highest BCUT2D eigenvalue weighted by atomic mass is 16.7. The summed E-state index contributed by atoms with van der Waals surface area (Å²) in [5, 5.41) is 0. The molecule has 37 heavy (non-hydrogen) atoms. The summed E-state index contributed by atoms with van der Waals surface area (Å²) < 4.78 is 27.7. The summed E-state index contributed by atoms with van der Waals surface area (Å²) in [6.07, 6.45) is -5.57. The molecule has 0 saturated carbocycles.